The number of halogens is 1. The maximum Gasteiger partial charge on any atom is 0.192 e. The van der Waals surface area contributed by atoms with Crippen LogP contribution in [0.25, 0.3) is 17.0 Å². The number of nitrogens with zero attached hydrogens (tertiary/aromatic N) is 5. The third-order valence-corrected chi connectivity index (χ3v) is 4.65. The van der Waals surface area contributed by atoms with E-state index in [0.717, 1.165) is 42.4 Å². The van der Waals surface area contributed by atoms with Crippen molar-refractivity contribution in [2.24, 2.45) is 0 Å². The molecule has 24 heavy (non-hydrogen) atoms. The van der Waals surface area contributed by atoms with Crippen molar-refractivity contribution in [2.75, 3.05) is 25.5 Å². The fourth-order valence-corrected chi connectivity index (χ4v) is 3.33. The number of imidazole rings is 1. The number of anilines is 1. The van der Waals surface area contributed by atoms with Gasteiger partial charge >= 0.3 is 0 Å². The molecule has 1 fully saturated rings. The SMILES string of the molecule is CN1CCCC(Nc2nnc(-c3ccc(Cl)cc3)n3ccnc23)C1. The van der Waals surface area contributed by atoms with Crippen LogP contribution in [0.1, 0.15) is 12.8 Å². The van der Waals surface area contributed by atoms with E-state index in [1.54, 1.807) is 6.20 Å². The van der Waals surface area contributed by atoms with E-state index >= 15 is 0 Å². The van der Waals surface area contributed by atoms with E-state index in [0.29, 0.717) is 11.1 Å². The van der Waals surface area contributed by atoms with Crippen molar-refractivity contribution in [1.29, 1.82) is 0 Å². The summed E-state index contributed by atoms with van der Waals surface area (Å²) in [6.45, 7) is 2.16. The number of benzene rings is 1. The Balaban J connectivity index is 1.68. The second-order valence-electron chi connectivity index (χ2n) is 6.25. The lowest BCUT2D eigenvalue weighted by atomic mass is 10.1. The zero-order valence-electron chi connectivity index (χ0n) is 13.5. The first-order chi connectivity index (χ1) is 11.7. The molecule has 3 heterocycles. The molecule has 2 aromatic heterocycles. The average Bonchev–Trinajstić information content (AvgIpc) is 3.06. The average molecular weight is 343 g/mol. The standard InChI is InChI=1S/C17H19ClN6/c1-23-9-2-3-14(11-23)20-15-17-19-8-10-24(17)16(22-21-15)12-4-6-13(18)7-5-12/h4-8,10,14H,2-3,9,11H2,1H3,(H,20,21). The highest BCUT2D eigenvalue weighted by Crippen LogP contribution is 2.23. The van der Waals surface area contributed by atoms with Gasteiger partial charge in [0.05, 0.1) is 0 Å². The highest BCUT2D eigenvalue weighted by Gasteiger charge is 2.20. The van der Waals surface area contributed by atoms with E-state index < -0.39 is 0 Å². The lowest BCUT2D eigenvalue weighted by Crippen LogP contribution is -2.40. The molecule has 0 amide bonds. The molecule has 1 saturated heterocycles. The summed E-state index contributed by atoms with van der Waals surface area (Å²) in [5.74, 6) is 1.49. The number of nitrogens with one attached hydrogen (secondary N) is 1. The molecule has 1 N–H and O–H groups in total. The van der Waals surface area contributed by atoms with Gasteiger partial charge in [-0.3, -0.25) is 4.40 Å². The van der Waals surface area contributed by atoms with Crippen molar-refractivity contribution in [3.8, 4) is 11.4 Å². The molecule has 1 aliphatic heterocycles. The van der Waals surface area contributed by atoms with Crippen LogP contribution in [0.15, 0.2) is 36.7 Å². The van der Waals surface area contributed by atoms with E-state index in [-0.39, 0.29) is 0 Å². The highest BCUT2D eigenvalue weighted by molar-refractivity contribution is 6.30. The maximum absolute atomic E-state index is 5.97. The van der Waals surface area contributed by atoms with Crippen molar-refractivity contribution >= 4 is 23.1 Å². The monoisotopic (exact) mass is 342 g/mol. The lowest BCUT2D eigenvalue weighted by Gasteiger charge is -2.30. The summed E-state index contributed by atoms with van der Waals surface area (Å²) in [4.78, 5) is 6.80. The van der Waals surface area contributed by atoms with Crippen LogP contribution in [0, 0.1) is 0 Å². The van der Waals surface area contributed by atoms with Crippen molar-refractivity contribution in [3.05, 3.63) is 41.7 Å². The number of likely N-dealkylation sites (N-methyl/N-ethyl adjacent to an activating group) is 1. The van der Waals surface area contributed by atoms with Crippen molar-refractivity contribution in [2.45, 2.75) is 18.9 Å². The molecule has 0 bridgehead atoms. The zero-order chi connectivity index (χ0) is 16.5. The van der Waals surface area contributed by atoms with Crippen LogP contribution in [0.4, 0.5) is 5.82 Å². The predicted molar refractivity (Wildman–Crippen MR) is 95.4 cm³/mol. The molecule has 0 spiro atoms. The van der Waals surface area contributed by atoms with Crippen LogP contribution in [0.2, 0.25) is 5.02 Å². The summed E-state index contributed by atoms with van der Waals surface area (Å²) in [6, 6.07) is 7.96. The number of hydrogen-bond acceptors (Lipinski definition) is 5. The molecule has 7 heteroatoms. The molecule has 0 radical (unpaired) electrons. The summed E-state index contributed by atoms with van der Waals surface area (Å²) >= 11 is 5.97. The predicted octanol–water partition coefficient (Wildman–Crippen LogP) is 2.95. The first-order valence-electron chi connectivity index (χ1n) is 8.11. The van der Waals surface area contributed by atoms with Crippen molar-refractivity contribution in [3.63, 3.8) is 0 Å². The van der Waals surface area contributed by atoms with Gasteiger partial charge in [-0.05, 0) is 50.7 Å². The van der Waals surface area contributed by atoms with Gasteiger partial charge < -0.3 is 10.2 Å². The summed E-state index contributed by atoms with van der Waals surface area (Å²) in [5.41, 5.74) is 1.75. The molecule has 4 rings (SSSR count). The van der Waals surface area contributed by atoms with Crippen LogP contribution in [0.5, 0.6) is 0 Å². The van der Waals surface area contributed by atoms with Gasteiger partial charge in [0, 0.05) is 35.6 Å². The molecular formula is C17H19ClN6. The number of likely N-dealkylation sites (tertiary alicyclic amines) is 1. The van der Waals surface area contributed by atoms with Gasteiger partial charge in [0.1, 0.15) is 0 Å². The molecule has 124 valence electrons. The second kappa shape index (κ2) is 6.37. The third-order valence-electron chi connectivity index (χ3n) is 4.39. The van der Waals surface area contributed by atoms with E-state index in [9.17, 15) is 0 Å². The number of hydrogen-bond donors (Lipinski definition) is 1. The van der Waals surface area contributed by atoms with Gasteiger partial charge in [0.25, 0.3) is 0 Å². The minimum Gasteiger partial charge on any atom is -0.361 e. The first kappa shape index (κ1) is 15.4. The van der Waals surface area contributed by atoms with Gasteiger partial charge in [-0.1, -0.05) is 11.6 Å². The molecule has 1 aromatic carbocycles. The van der Waals surface area contributed by atoms with Gasteiger partial charge in [-0.2, -0.15) is 0 Å². The van der Waals surface area contributed by atoms with Gasteiger partial charge in [0.15, 0.2) is 17.3 Å². The van der Waals surface area contributed by atoms with Crippen molar-refractivity contribution in [1.82, 2.24) is 24.5 Å². The zero-order valence-corrected chi connectivity index (χ0v) is 14.2. The van der Waals surface area contributed by atoms with Crippen LogP contribution in [-0.4, -0.2) is 50.7 Å². The molecule has 0 saturated carbocycles. The number of piperidine rings is 1. The lowest BCUT2D eigenvalue weighted by molar-refractivity contribution is 0.260. The minimum atomic E-state index is 0.375. The van der Waals surface area contributed by atoms with Gasteiger partial charge in [0.2, 0.25) is 0 Å². The summed E-state index contributed by atoms with van der Waals surface area (Å²) in [5, 5.41) is 13.0. The molecule has 3 aromatic rings. The molecule has 6 nitrogen and oxygen atoms in total. The Morgan fingerprint density at radius 2 is 2.04 bits per heavy atom. The van der Waals surface area contributed by atoms with Crippen LogP contribution in [-0.2, 0) is 0 Å². The van der Waals surface area contributed by atoms with E-state index in [2.05, 4.69) is 32.4 Å². The van der Waals surface area contributed by atoms with E-state index in [1.165, 1.54) is 6.42 Å². The van der Waals surface area contributed by atoms with Crippen LogP contribution in [0.3, 0.4) is 0 Å². The Kier molecular flexibility index (Phi) is 4.08. The number of aromatic nitrogens is 4. The number of rotatable bonds is 3. The van der Waals surface area contributed by atoms with Crippen LogP contribution >= 0.6 is 11.6 Å². The fraction of sp³-hybridized carbons (Fsp3) is 0.353. The second-order valence-corrected chi connectivity index (χ2v) is 6.68. The van der Waals surface area contributed by atoms with Crippen molar-refractivity contribution < 1.29 is 0 Å². The Morgan fingerprint density at radius 1 is 1.21 bits per heavy atom. The molecule has 1 atom stereocenters. The Labute approximate surface area is 145 Å². The topological polar surface area (TPSA) is 58.3 Å². The summed E-state index contributed by atoms with van der Waals surface area (Å²) < 4.78 is 1.96. The quantitative estimate of drug-likeness (QED) is 0.793. The molecule has 1 unspecified atom stereocenters. The van der Waals surface area contributed by atoms with Crippen LogP contribution < -0.4 is 5.32 Å². The minimum absolute atomic E-state index is 0.375. The maximum atomic E-state index is 5.97. The fourth-order valence-electron chi connectivity index (χ4n) is 3.21. The smallest absolute Gasteiger partial charge is 0.192 e. The molecule has 0 aliphatic carbocycles. The molecule has 1 aliphatic rings. The normalized spacial score (nSPS) is 18.8. The highest BCUT2D eigenvalue weighted by atomic mass is 35.5. The Morgan fingerprint density at radius 3 is 2.83 bits per heavy atom. The number of fused-ring (bicyclic) bond motifs is 1. The summed E-state index contributed by atoms with van der Waals surface area (Å²) in [7, 11) is 2.15. The summed E-state index contributed by atoms with van der Waals surface area (Å²) in [6.07, 6.45) is 6.01. The van der Waals surface area contributed by atoms with Gasteiger partial charge in [-0.15, -0.1) is 10.2 Å². The third kappa shape index (κ3) is 2.95. The molecular weight excluding hydrogens is 324 g/mol. The Bertz CT molecular complexity index is 844. The Hall–Kier alpha value is -2.18. The first-order valence-corrected chi connectivity index (χ1v) is 8.49. The van der Waals surface area contributed by atoms with E-state index in [4.69, 9.17) is 11.6 Å². The van der Waals surface area contributed by atoms with Gasteiger partial charge in [-0.25, -0.2) is 4.98 Å². The van der Waals surface area contributed by atoms with E-state index in [1.807, 2.05) is 34.9 Å². The largest absolute Gasteiger partial charge is 0.361 e.